The van der Waals surface area contributed by atoms with Crippen molar-refractivity contribution in [1.29, 1.82) is 0 Å². The minimum absolute atomic E-state index is 0.902. The summed E-state index contributed by atoms with van der Waals surface area (Å²) in [5, 5.41) is 2.04. The number of rotatable bonds is 4. The second kappa shape index (κ2) is 6.17. The van der Waals surface area contributed by atoms with E-state index in [2.05, 4.69) is 34.0 Å². The summed E-state index contributed by atoms with van der Waals surface area (Å²) in [6.07, 6.45) is 2.19. The predicted molar refractivity (Wildman–Crippen MR) is 85.6 cm³/mol. The van der Waals surface area contributed by atoms with Crippen LogP contribution in [0.3, 0.4) is 0 Å². The third kappa shape index (κ3) is 3.00. The van der Waals surface area contributed by atoms with Crippen molar-refractivity contribution in [2.24, 2.45) is 0 Å². The van der Waals surface area contributed by atoms with Gasteiger partial charge in [-0.3, -0.25) is 0 Å². The summed E-state index contributed by atoms with van der Waals surface area (Å²) >= 11 is 6.45. The van der Waals surface area contributed by atoms with Crippen molar-refractivity contribution in [1.82, 2.24) is 14.8 Å². The number of nitrogens with one attached hydrogen (secondary N) is 1. The lowest BCUT2D eigenvalue weighted by Gasteiger charge is -2.32. The van der Waals surface area contributed by atoms with Gasteiger partial charge in [-0.1, -0.05) is 29.8 Å². The first-order chi connectivity index (χ1) is 9.74. The van der Waals surface area contributed by atoms with E-state index in [4.69, 9.17) is 11.6 Å². The van der Waals surface area contributed by atoms with Gasteiger partial charge in [0.05, 0.1) is 5.02 Å². The van der Waals surface area contributed by atoms with Gasteiger partial charge < -0.3 is 14.8 Å². The molecule has 3 nitrogen and oxygen atoms in total. The molecule has 0 amide bonds. The van der Waals surface area contributed by atoms with Crippen LogP contribution in [0.2, 0.25) is 5.02 Å². The molecule has 1 aliphatic heterocycles. The van der Waals surface area contributed by atoms with Crippen molar-refractivity contribution in [2.45, 2.75) is 12.8 Å². The highest BCUT2D eigenvalue weighted by atomic mass is 35.5. The minimum atomic E-state index is 0.902. The van der Waals surface area contributed by atoms with Gasteiger partial charge in [-0.05, 0) is 32.5 Å². The number of nitrogens with zero attached hydrogens (tertiary/aromatic N) is 2. The van der Waals surface area contributed by atoms with E-state index in [9.17, 15) is 0 Å². The molecule has 20 heavy (non-hydrogen) atoms. The Morgan fingerprint density at radius 2 is 1.90 bits per heavy atom. The van der Waals surface area contributed by atoms with Crippen LogP contribution in [0.4, 0.5) is 0 Å². The standard InChI is InChI=1S/C16H22ClN3/c1-19-9-11-20(12-10-19)8-4-7-15-16(17)13-5-2-3-6-14(13)18-15/h2-3,5-6,18H,4,7-12H2,1H3. The van der Waals surface area contributed by atoms with Crippen molar-refractivity contribution in [2.75, 3.05) is 39.8 Å². The van der Waals surface area contributed by atoms with Crippen molar-refractivity contribution < 1.29 is 0 Å². The molecule has 1 N–H and O–H groups in total. The highest BCUT2D eigenvalue weighted by Crippen LogP contribution is 2.27. The highest BCUT2D eigenvalue weighted by molar-refractivity contribution is 6.36. The predicted octanol–water partition coefficient (Wildman–Crippen LogP) is 3.00. The van der Waals surface area contributed by atoms with Crippen LogP contribution < -0.4 is 0 Å². The van der Waals surface area contributed by atoms with Crippen LogP contribution in [0, 0.1) is 0 Å². The zero-order valence-corrected chi connectivity index (χ0v) is 12.8. The average Bonchev–Trinajstić information content (AvgIpc) is 2.78. The summed E-state index contributed by atoms with van der Waals surface area (Å²) < 4.78 is 0. The third-order valence-electron chi connectivity index (χ3n) is 4.21. The molecule has 0 saturated carbocycles. The Morgan fingerprint density at radius 1 is 1.15 bits per heavy atom. The molecular formula is C16H22ClN3. The van der Waals surface area contributed by atoms with E-state index < -0.39 is 0 Å². The molecule has 0 aliphatic carbocycles. The molecule has 2 heterocycles. The number of para-hydroxylation sites is 1. The summed E-state index contributed by atoms with van der Waals surface area (Å²) in [5.74, 6) is 0. The van der Waals surface area contributed by atoms with Crippen LogP contribution in [0.15, 0.2) is 24.3 Å². The molecule has 0 radical (unpaired) electrons. The SMILES string of the molecule is CN1CCN(CCCc2[nH]c3ccccc3c2Cl)CC1. The summed E-state index contributed by atoms with van der Waals surface area (Å²) in [7, 11) is 2.20. The molecule has 2 aromatic rings. The fourth-order valence-corrected chi connectivity index (χ4v) is 3.19. The van der Waals surface area contributed by atoms with Gasteiger partial charge in [0.15, 0.2) is 0 Å². The van der Waals surface area contributed by atoms with Gasteiger partial charge >= 0.3 is 0 Å². The molecule has 4 heteroatoms. The van der Waals surface area contributed by atoms with Crippen LogP contribution in [-0.4, -0.2) is 54.6 Å². The highest BCUT2D eigenvalue weighted by Gasteiger charge is 2.14. The lowest BCUT2D eigenvalue weighted by Crippen LogP contribution is -2.44. The first-order valence-corrected chi connectivity index (χ1v) is 7.78. The molecule has 0 atom stereocenters. The number of H-pyrrole nitrogens is 1. The van der Waals surface area contributed by atoms with Crippen LogP contribution in [0.25, 0.3) is 10.9 Å². The van der Waals surface area contributed by atoms with E-state index in [1.165, 1.54) is 38.4 Å². The number of aromatic amines is 1. The van der Waals surface area contributed by atoms with Crippen molar-refractivity contribution >= 4 is 22.5 Å². The maximum absolute atomic E-state index is 6.45. The quantitative estimate of drug-likeness (QED) is 0.935. The number of benzene rings is 1. The zero-order valence-electron chi connectivity index (χ0n) is 12.0. The summed E-state index contributed by atoms with van der Waals surface area (Å²) in [6, 6.07) is 8.25. The second-order valence-electron chi connectivity index (χ2n) is 5.71. The Labute approximate surface area is 125 Å². The molecule has 1 saturated heterocycles. The Balaban J connectivity index is 1.56. The Hall–Kier alpha value is -1.03. The number of aromatic nitrogens is 1. The van der Waals surface area contributed by atoms with Gasteiger partial charge in [-0.25, -0.2) is 0 Å². The molecule has 0 spiro atoms. The second-order valence-corrected chi connectivity index (χ2v) is 6.09. The fraction of sp³-hybridized carbons (Fsp3) is 0.500. The summed E-state index contributed by atoms with van der Waals surface area (Å²) in [5.41, 5.74) is 2.33. The molecule has 1 aliphatic rings. The van der Waals surface area contributed by atoms with E-state index in [0.717, 1.165) is 28.8 Å². The van der Waals surface area contributed by atoms with Crippen LogP contribution in [-0.2, 0) is 6.42 Å². The van der Waals surface area contributed by atoms with Gasteiger partial charge in [0.1, 0.15) is 0 Å². The molecule has 3 rings (SSSR count). The maximum Gasteiger partial charge on any atom is 0.0691 e. The van der Waals surface area contributed by atoms with Crippen molar-refractivity contribution in [3.63, 3.8) is 0 Å². The number of hydrogen-bond donors (Lipinski definition) is 1. The molecule has 0 unspecified atom stereocenters. The monoisotopic (exact) mass is 291 g/mol. The lowest BCUT2D eigenvalue weighted by atomic mass is 10.2. The third-order valence-corrected chi connectivity index (χ3v) is 4.64. The first kappa shape index (κ1) is 13.9. The average molecular weight is 292 g/mol. The van der Waals surface area contributed by atoms with E-state index in [0.29, 0.717) is 0 Å². The van der Waals surface area contributed by atoms with E-state index in [1.54, 1.807) is 0 Å². The van der Waals surface area contributed by atoms with Gasteiger partial charge in [0.2, 0.25) is 0 Å². The molecule has 1 aromatic carbocycles. The van der Waals surface area contributed by atoms with E-state index in [1.807, 2.05) is 12.1 Å². The van der Waals surface area contributed by atoms with E-state index >= 15 is 0 Å². The largest absolute Gasteiger partial charge is 0.357 e. The Bertz CT molecular complexity index is 570. The van der Waals surface area contributed by atoms with Crippen molar-refractivity contribution in [3.05, 3.63) is 35.0 Å². The number of piperazine rings is 1. The lowest BCUT2D eigenvalue weighted by molar-refractivity contribution is 0.153. The van der Waals surface area contributed by atoms with Crippen LogP contribution in [0.5, 0.6) is 0 Å². The van der Waals surface area contributed by atoms with Gasteiger partial charge in [0.25, 0.3) is 0 Å². The van der Waals surface area contributed by atoms with Gasteiger partial charge in [0, 0.05) is 42.8 Å². The first-order valence-electron chi connectivity index (χ1n) is 7.40. The smallest absolute Gasteiger partial charge is 0.0691 e. The Morgan fingerprint density at radius 3 is 2.65 bits per heavy atom. The maximum atomic E-state index is 6.45. The number of likely N-dealkylation sites (N-methyl/N-ethyl adjacent to an activating group) is 1. The van der Waals surface area contributed by atoms with Crippen LogP contribution >= 0.6 is 11.6 Å². The topological polar surface area (TPSA) is 22.3 Å². The molecule has 1 fully saturated rings. The Kier molecular flexibility index (Phi) is 4.29. The van der Waals surface area contributed by atoms with Crippen LogP contribution in [0.1, 0.15) is 12.1 Å². The number of fused-ring (bicyclic) bond motifs is 1. The van der Waals surface area contributed by atoms with Gasteiger partial charge in [-0.15, -0.1) is 0 Å². The molecule has 1 aromatic heterocycles. The van der Waals surface area contributed by atoms with E-state index in [-0.39, 0.29) is 0 Å². The number of aryl methyl sites for hydroxylation is 1. The summed E-state index contributed by atoms with van der Waals surface area (Å²) in [6.45, 7) is 5.92. The number of hydrogen-bond acceptors (Lipinski definition) is 2. The summed E-state index contributed by atoms with van der Waals surface area (Å²) in [4.78, 5) is 8.40. The molecule has 108 valence electrons. The van der Waals surface area contributed by atoms with Gasteiger partial charge in [-0.2, -0.15) is 0 Å². The number of halogens is 1. The fourth-order valence-electron chi connectivity index (χ4n) is 2.89. The molecular weight excluding hydrogens is 270 g/mol. The minimum Gasteiger partial charge on any atom is -0.357 e. The van der Waals surface area contributed by atoms with Crippen molar-refractivity contribution in [3.8, 4) is 0 Å². The zero-order chi connectivity index (χ0) is 13.9. The molecule has 0 bridgehead atoms. The normalized spacial score (nSPS) is 17.9.